The minimum absolute atomic E-state index is 0.0732. The number of aliphatic carboxylic acids is 1. The van der Waals surface area contributed by atoms with E-state index in [1.807, 2.05) is 0 Å². The summed E-state index contributed by atoms with van der Waals surface area (Å²) in [6, 6.07) is 5.75. The molecule has 0 fully saturated rings. The van der Waals surface area contributed by atoms with Gasteiger partial charge >= 0.3 is 11.9 Å². The van der Waals surface area contributed by atoms with Gasteiger partial charge in [-0.3, -0.25) is 9.59 Å². The Balaban J connectivity index is 2.76. The van der Waals surface area contributed by atoms with Crippen molar-refractivity contribution in [3.8, 4) is 0 Å². The van der Waals surface area contributed by atoms with Crippen LogP contribution in [0.15, 0.2) is 29.1 Å². The van der Waals surface area contributed by atoms with Crippen LogP contribution < -0.4 is 5.43 Å². The monoisotopic (exact) mass is 275 g/mol. The zero-order valence-electron chi connectivity index (χ0n) is 10.8. The Morgan fingerprint density at radius 2 is 1.90 bits per heavy atom. The van der Waals surface area contributed by atoms with Crippen molar-refractivity contribution in [3.63, 3.8) is 0 Å². The fourth-order valence-corrected chi connectivity index (χ4v) is 2.23. The predicted molar refractivity (Wildman–Crippen MR) is 72.2 cm³/mol. The summed E-state index contributed by atoms with van der Waals surface area (Å²) in [6.07, 6.45) is -0.178. The van der Waals surface area contributed by atoms with Gasteiger partial charge in [-0.05, 0) is 24.6 Å². The normalized spacial score (nSPS) is 10.7. The Bertz CT molecular complexity index is 760. The van der Waals surface area contributed by atoms with Crippen LogP contribution in [0.2, 0.25) is 0 Å². The highest BCUT2D eigenvalue weighted by Crippen LogP contribution is 2.16. The highest BCUT2D eigenvalue weighted by atomic mass is 16.4. The molecule has 0 saturated carbocycles. The van der Waals surface area contributed by atoms with Crippen molar-refractivity contribution in [2.45, 2.75) is 19.9 Å². The van der Waals surface area contributed by atoms with Crippen LogP contribution in [0.3, 0.4) is 0 Å². The topological polar surface area (TPSA) is 96.6 Å². The molecule has 1 heterocycles. The average molecular weight is 275 g/mol. The van der Waals surface area contributed by atoms with Gasteiger partial charge in [-0.1, -0.05) is 6.07 Å². The van der Waals surface area contributed by atoms with Crippen molar-refractivity contribution in [1.82, 2.24) is 4.57 Å². The van der Waals surface area contributed by atoms with Gasteiger partial charge in [-0.2, -0.15) is 0 Å². The second-order valence-electron chi connectivity index (χ2n) is 4.37. The minimum atomic E-state index is -1.17. The van der Waals surface area contributed by atoms with E-state index in [1.54, 1.807) is 19.1 Å². The van der Waals surface area contributed by atoms with Crippen molar-refractivity contribution in [2.24, 2.45) is 0 Å². The van der Waals surface area contributed by atoms with E-state index >= 15 is 0 Å². The fourth-order valence-electron chi connectivity index (χ4n) is 2.23. The van der Waals surface area contributed by atoms with Crippen LogP contribution in [0, 0.1) is 0 Å². The lowest BCUT2D eigenvalue weighted by Gasteiger charge is -2.12. The minimum Gasteiger partial charge on any atom is -0.481 e. The summed E-state index contributed by atoms with van der Waals surface area (Å²) in [5.41, 5.74) is 0.504. The molecular formula is C14H13NO5. The number of aromatic nitrogens is 1. The molecule has 0 saturated heterocycles. The molecule has 104 valence electrons. The van der Waals surface area contributed by atoms with E-state index in [0.717, 1.165) is 6.07 Å². The summed E-state index contributed by atoms with van der Waals surface area (Å²) in [6.45, 7) is 2.18. The molecule has 0 spiro atoms. The van der Waals surface area contributed by atoms with E-state index in [4.69, 9.17) is 10.2 Å². The van der Waals surface area contributed by atoms with E-state index < -0.39 is 17.4 Å². The largest absolute Gasteiger partial charge is 0.481 e. The number of nitrogens with zero attached hydrogens (tertiary/aromatic N) is 1. The van der Waals surface area contributed by atoms with E-state index in [9.17, 15) is 14.4 Å². The van der Waals surface area contributed by atoms with Gasteiger partial charge in [-0.25, -0.2) is 4.79 Å². The van der Waals surface area contributed by atoms with Crippen molar-refractivity contribution in [1.29, 1.82) is 0 Å². The molecule has 0 atom stereocenters. The quantitative estimate of drug-likeness (QED) is 0.877. The van der Waals surface area contributed by atoms with Gasteiger partial charge < -0.3 is 14.8 Å². The molecule has 1 aromatic carbocycles. The lowest BCUT2D eigenvalue weighted by molar-refractivity contribution is -0.136. The molecule has 0 radical (unpaired) electrons. The van der Waals surface area contributed by atoms with E-state index in [-0.39, 0.29) is 12.1 Å². The number of carboxylic acids is 2. The van der Waals surface area contributed by atoms with Crippen LogP contribution in [-0.4, -0.2) is 26.7 Å². The number of aryl methyl sites for hydroxylation is 1. The number of fused-ring (bicyclic) bond motifs is 1. The smallest absolute Gasteiger partial charge is 0.352 e. The van der Waals surface area contributed by atoms with Crippen molar-refractivity contribution < 1.29 is 19.8 Å². The lowest BCUT2D eigenvalue weighted by atomic mass is 10.1. The third-order valence-electron chi connectivity index (χ3n) is 3.07. The molecule has 0 aliphatic carbocycles. The van der Waals surface area contributed by atoms with Gasteiger partial charge in [-0.15, -0.1) is 0 Å². The first-order valence-corrected chi connectivity index (χ1v) is 6.05. The maximum Gasteiger partial charge on any atom is 0.352 e. The molecule has 6 nitrogen and oxygen atoms in total. The summed E-state index contributed by atoms with van der Waals surface area (Å²) in [5.74, 6) is -2.15. The first-order valence-electron chi connectivity index (χ1n) is 6.05. The standard InChI is InChI=1S/C14H13NO5/c1-2-15-10-4-3-8(6-13(17)18)5-9(10)12(16)7-11(15)14(19)20/h3-5,7H,2,6H2,1H3,(H,17,18)(H,19,20). The Labute approximate surface area is 113 Å². The molecule has 20 heavy (non-hydrogen) atoms. The number of carbonyl (C=O) groups is 2. The van der Waals surface area contributed by atoms with Gasteiger partial charge in [0.2, 0.25) is 0 Å². The molecule has 6 heteroatoms. The average Bonchev–Trinajstić information content (AvgIpc) is 2.38. The second-order valence-corrected chi connectivity index (χ2v) is 4.37. The van der Waals surface area contributed by atoms with Gasteiger partial charge in [0.25, 0.3) is 0 Å². The Morgan fingerprint density at radius 1 is 1.20 bits per heavy atom. The molecule has 0 amide bonds. The van der Waals surface area contributed by atoms with Crippen LogP contribution in [0.4, 0.5) is 0 Å². The van der Waals surface area contributed by atoms with Crippen LogP contribution >= 0.6 is 0 Å². The van der Waals surface area contributed by atoms with Gasteiger partial charge in [0, 0.05) is 18.0 Å². The molecule has 2 N–H and O–H groups in total. The third-order valence-corrected chi connectivity index (χ3v) is 3.07. The number of benzene rings is 1. The fraction of sp³-hybridized carbons (Fsp3) is 0.214. The number of hydrogen-bond donors (Lipinski definition) is 2. The van der Waals surface area contributed by atoms with Crippen molar-refractivity contribution >= 4 is 22.8 Å². The zero-order valence-corrected chi connectivity index (χ0v) is 10.8. The van der Waals surface area contributed by atoms with Gasteiger partial charge in [0.1, 0.15) is 5.69 Å². The highest BCUT2D eigenvalue weighted by molar-refractivity contribution is 5.91. The molecule has 0 aliphatic rings. The number of rotatable bonds is 4. The van der Waals surface area contributed by atoms with Gasteiger partial charge in [0.15, 0.2) is 5.43 Å². The van der Waals surface area contributed by atoms with Crippen LogP contribution in [0.1, 0.15) is 23.0 Å². The van der Waals surface area contributed by atoms with Crippen molar-refractivity contribution in [2.75, 3.05) is 0 Å². The van der Waals surface area contributed by atoms with Crippen molar-refractivity contribution in [3.05, 3.63) is 45.7 Å². The van der Waals surface area contributed by atoms with Gasteiger partial charge in [0.05, 0.1) is 11.9 Å². The number of aromatic carboxylic acids is 1. The van der Waals surface area contributed by atoms with Crippen LogP contribution in [0.25, 0.3) is 10.9 Å². The maximum atomic E-state index is 12.0. The molecule has 0 bridgehead atoms. The van der Waals surface area contributed by atoms with E-state index in [0.29, 0.717) is 23.0 Å². The summed E-state index contributed by atoms with van der Waals surface area (Å²) in [4.78, 5) is 33.8. The first-order chi connectivity index (χ1) is 9.43. The Hall–Kier alpha value is -2.63. The summed E-state index contributed by atoms with van der Waals surface area (Å²) >= 11 is 0. The maximum absolute atomic E-state index is 12.0. The molecular weight excluding hydrogens is 262 g/mol. The number of pyridine rings is 1. The molecule has 0 unspecified atom stereocenters. The molecule has 1 aromatic heterocycles. The Morgan fingerprint density at radius 3 is 2.45 bits per heavy atom. The summed E-state index contributed by atoms with van der Waals surface area (Å²) in [5, 5.41) is 18.2. The third kappa shape index (κ3) is 2.40. The summed E-state index contributed by atoms with van der Waals surface area (Å²) in [7, 11) is 0. The SMILES string of the molecule is CCn1c(C(=O)O)cc(=O)c2cc(CC(=O)O)ccc21. The molecule has 2 aromatic rings. The zero-order chi connectivity index (χ0) is 14.9. The van der Waals surface area contributed by atoms with Crippen LogP contribution in [-0.2, 0) is 17.8 Å². The predicted octanol–water partition coefficient (Wildman–Crippen LogP) is 1.35. The number of carboxylic acid groups (broad SMARTS) is 2. The second kappa shape index (κ2) is 5.16. The summed E-state index contributed by atoms with van der Waals surface area (Å²) < 4.78 is 1.52. The van der Waals surface area contributed by atoms with E-state index in [1.165, 1.54) is 10.6 Å². The lowest BCUT2D eigenvalue weighted by Crippen LogP contribution is -2.17. The number of hydrogen-bond acceptors (Lipinski definition) is 3. The van der Waals surface area contributed by atoms with Crippen LogP contribution in [0.5, 0.6) is 0 Å². The Kier molecular flexibility index (Phi) is 3.56. The first kappa shape index (κ1) is 13.8. The highest BCUT2D eigenvalue weighted by Gasteiger charge is 2.14. The molecule has 0 aliphatic heterocycles. The molecule has 2 rings (SSSR count). The van der Waals surface area contributed by atoms with E-state index in [2.05, 4.69) is 0 Å².